The molecular formula is C11H21NO3. The van der Waals surface area contributed by atoms with Crippen molar-refractivity contribution in [1.82, 2.24) is 4.90 Å². The van der Waals surface area contributed by atoms with Crippen LogP contribution < -0.4 is 0 Å². The first kappa shape index (κ1) is 12.5. The molecule has 0 aromatic rings. The Hall–Kier alpha value is -0.610. The smallest absolute Gasteiger partial charge is 0.323 e. The Morgan fingerprint density at radius 2 is 2.07 bits per heavy atom. The minimum absolute atomic E-state index is 0.0763. The van der Waals surface area contributed by atoms with Crippen LogP contribution in [0.2, 0.25) is 0 Å². The predicted molar refractivity (Wildman–Crippen MR) is 57.9 cm³/mol. The summed E-state index contributed by atoms with van der Waals surface area (Å²) in [5, 5.41) is 9.17. The van der Waals surface area contributed by atoms with Crippen LogP contribution in [0.1, 0.15) is 34.6 Å². The van der Waals surface area contributed by atoms with Gasteiger partial charge in [0.25, 0.3) is 0 Å². The molecule has 1 N–H and O–H groups in total. The Morgan fingerprint density at radius 3 is 2.47 bits per heavy atom. The van der Waals surface area contributed by atoms with Crippen LogP contribution in [0.5, 0.6) is 0 Å². The van der Waals surface area contributed by atoms with Crippen molar-refractivity contribution < 1.29 is 14.6 Å². The van der Waals surface area contributed by atoms with Gasteiger partial charge in [-0.2, -0.15) is 0 Å². The van der Waals surface area contributed by atoms with Gasteiger partial charge in [-0.25, -0.2) is 0 Å². The number of hydrogen-bond acceptors (Lipinski definition) is 3. The summed E-state index contributed by atoms with van der Waals surface area (Å²) in [6, 6.07) is 0. The van der Waals surface area contributed by atoms with E-state index in [1.165, 1.54) is 0 Å². The highest BCUT2D eigenvalue weighted by molar-refractivity contribution is 5.77. The number of hydrogen-bond donors (Lipinski definition) is 1. The van der Waals surface area contributed by atoms with Gasteiger partial charge in [0.15, 0.2) is 0 Å². The average molecular weight is 215 g/mol. The van der Waals surface area contributed by atoms with Crippen molar-refractivity contribution >= 4 is 5.97 Å². The summed E-state index contributed by atoms with van der Waals surface area (Å²) in [5.41, 5.74) is -1.10. The first-order chi connectivity index (χ1) is 6.65. The van der Waals surface area contributed by atoms with E-state index in [4.69, 9.17) is 9.84 Å². The summed E-state index contributed by atoms with van der Waals surface area (Å²) >= 11 is 0. The fourth-order valence-electron chi connectivity index (χ4n) is 2.01. The number of aliphatic carboxylic acids is 1. The second-order valence-corrected chi connectivity index (χ2v) is 5.43. The van der Waals surface area contributed by atoms with Crippen LogP contribution in [0, 0.1) is 0 Å². The van der Waals surface area contributed by atoms with E-state index in [9.17, 15) is 4.79 Å². The third kappa shape index (κ3) is 2.69. The van der Waals surface area contributed by atoms with E-state index in [0.29, 0.717) is 13.1 Å². The molecule has 1 unspecified atom stereocenters. The number of morpholine rings is 1. The maximum absolute atomic E-state index is 11.2. The number of carbonyl (C=O) groups is 1. The number of ether oxygens (including phenoxy) is 1. The normalized spacial score (nSPS) is 27.7. The Kier molecular flexibility index (Phi) is 3.12. The van der Waals surface area contributed by atoms with E-state index in [1.54, 1.807) is 13.8 Å². The SMILES string of the molecule is CC1CN(C(C)(C)C(=O)O)CC(C)(C)O1. The van der Waals surface area contributed by atoms with Gasteiger partial charge in [0.05, 0.1) is 11.7 Å². The second-order valence-electron chi connectivity index (χ2n) is 5.43. The van der Waals surface area contributed by atoms with Crippen LogP contribution in [0.15, 0.2) is 0 Å². The Bertz CT molecular complexity index is 261. The van der Waals surface area contributed by atoms with Crippen LogP contribution in [-0.4, -0.2) is 46.3 Å². The molecule has 0 saturated carbocycles. The fourth-order valence-corrected chi connectivity index (χ4v) is 2.01. The highest BCUT2D eigenvalue weighted by atomic mass is 16.5. The molecule has 1 atom stereocenters. The Morgan fingerprint density at radius 1 is 1.53 bits per heavy atom. The third-order valence-electron chi connectivity index (χ3n) is 2.88. The van der Waals surface area contributed by atoms with Crippen molar-refractivity contribution in [2.75, 3.05) is 13.1 Å². The standard InChI is InChI=1S/C11H21NO3/c1-8-6-12(7-10(2,3)15-8)11(4,5)9(13)14/h8H,6-7H2,1-5H3,(H,13,14). The predicted octanol–water partition coefficient (Wildman–Crippen LogP) is 1.35. The number of rotatable bonds is 2. The van der Waals surface area contributed by atoms with Gasteiger partial charge < -0.3 is 9.84 Å². The number of nitrogens with zero attached hydrogens (tertiary/aromatic N) is 1. The quantitative estimate of drug-likeness (QED) is 0.755. The van der Waals surface area contributed by atoms with Crippen molar-refractivity contribution in [3.63, 3.8) is 0 Å². The molecule has 88 valence electrons. The fraction of sp³-hybridized carbons (Fsp3) is 0.909. The maximum Gasteiger partial charge on any atom is 0.323 e. The molecule has 1 aliphatic rings. The van der Waals surface area contributed by atoms with E-state index >= 15 is 0 Å². The first-order valence-electron chi connectivity index (χ1n) is 5.31. The van der Waals surface area contributed by atoms with Crippen molar-refractivity contribution in [2.24, 2.45) is 0 Å². The molecule has 1 heterocycles. The zero-order valence-corrected chi connectivity index (χ0v) is 10.2. The van der Waals surface area contributed by atoms with Crippen LogP contribution in [0.25, 0.3) is 0 Å². The Labute approximate surface area is 91.2 Å². The molecular weight excluding hydrogens is 194 g/mol. The van der Waals surface area contributed by atoms with Gasteiger partial charge in [-0.1, -0.05) is 0 Å². The van der Waals surface area contributed by atoms with Crippen molar-refractivity contribution in [2.45, 2.75) is 51.9 Å². The van der Waals surface area contributed by atoms with Gasteiger partial charge in [0.1, 0.15) is 5.54 Å². The van der Waals surface area contributed by atoms with Crippen molar-refractivity contribution in [1.29, 1.82) is 0 Å². The lowest BCUT2D eigenvalue weighted by Crippen LogP contribution is -2.61. The minimum atomic E-state index is -0.824. The van der Waals surface area contributed by atoms with E-state index in [2.05, 4.69) is 0 Å². The van der Waals surface area contributed by atoms with Gasteiger partial charge in [0.2, 0.25) is 0 Å². The molecule has 0 aromatic heterocycles. The summed E-state index contributed by atoms with van der Waals surface area (Å²) in [7, 11) is 0. The number of carboxylic acids is 1. The van der Waals surface area contributed by atoms with E-state index in [-0.39, 0.29) is 11.7 Å². The first-order valence-corrected chi connectivity index (χ1v) is 5.31. The van der Waals surface area contributed by atoms with E-state index < -0.39 is 11.5 Å². The van der Waals surface area contributed by atoms with Crippen LogP contribution in [-0.2, 0) is 9.53 Å². The topological polar surface area (TPSA) is 49.8 Å². The summed E-state index contributed by atoms with van der Waals surface area (Å²) < 4.78 is 5.74. The zero-order valence-electron chi connectivity index (χ0n) is 10.2. The van der Waals surface area contributed by atoms with Gasteiger partial charge in [-0.3, -0.25) is 9.69 Å². The van der Waals surface area contributed by atoms with E-state index in [1.807, 2.05) is 25.7 Å². The van der Waals surface area contributed by atoms with Gasteiger partial charge >= 0.3 is 5.97 Å². The molecule has 4 nitrogen and oxygen atoms in total. The molecule has 0 bridgehead atoms. The lowest BCUT2D eigenvalue weighted by atomic mass is 9.96. The molecule has 1 aliphatic heterocycles. The third-order valence-corrected chi connectivity index (χ3v) is 2.88. The van der Waals surface area contributed by atoms with Crippen LogP contribution in [0.3, 0.4) is 0 Å². The van der Waals surface area contributed by atoms with Gasteiger partial charge in [-0.15, -0.1) is 0 Å². The van der Waals surface area contributed by atoms with Crippen LogP contribution >= 0.6 is 0 Å². The summed E-state index contributed by atoms with van der Waals surface area (Å²) in [5.74, 6) is -0.785. The number of carboxylic acid groups (broad SMARTS) is 1. The molecule has 1 rings (SSSR count). The molecule has 0 spiro atoms. The molecule has 1 saturated heterocycles. The summed E-state index contributed by atoms with van der Waals surface area (Å²) in [6.45, 7) is 10.8. The highest BCUT2D eigenvalue weighted by Gasteiger charge is 2.42. The monoisotopic (exact) mass is 215 g/mol. The summed E-state index contributed by atoms with van der Waals surface area (Å²) in [6.07, 6.45) is 0.0763. The molecule has 0 radical (unpaired) electrons. The Balaban J connectivity index is 2.83. The van der Waals surface area contributed by atoms with Crippen LogP contribution in [0.4, 0.5) is 0 Å². The minimum Gasteiger partial charge on any atom is -0.480 e. The maximum atomic E-state index is 11.2. The zero-order chi connectivity index (χ0) is 11.9. The van der Waals surface area contributed by atoms with Crippen molar-refractivity contribution in [3.05, 3.63) is 0 Å². The molecule has 0 aromatic carbocycles. The lowest BCUT2D eigenvalue weighted by Gasteiger charge is -2.47. The lowest BCUT2D eigenvalue weighted by molar-refractivity contribution is -0.171. The highest BCUT2D eigenvalue weighted by Crippen LogP contribution is 2.26. The van der Waals surface area contributed by atoms with Crippen molar-refractivity contribution in [3.8, 4) is 0 Å². The molecule has 15 heavy (non-hydrogen) atoms. The largest absolute Gasteiger partial charge is 0.480 e. The molecule has 0 aliphatic carbocycles. The summed E-state index contributed by atoms with van der Waals surface area (Å²) in [4.78, 5) is 13.1. The average Bonchev–Trinajstić information content (AvgIpc) is 1.99. The second kappa shape index (κ2) is 3.76. The van der Waals surface area contributed by atoms with Gasteiger partial charge in [-0.05, 0) is 34.6 Å². The molecule has 1 fully saturated rings. The van der Waals surface area contributed by atoms with E-state index in [0.717, 1.165) is 0 Å². The molecule has 4 heteroatoms. The van der Waals surface area contributed by atoms with Gasteiger partial charge in [0, 0.05) is 13.1 Å². The molecule has 0 amide bonds.